The molecule has 0 amide bonds. The first-order chi connectivity index (χ1) is 9.06. The van der Waals surface area contributed by atoms with Crippen molar-refractivity contribution in [1.82, 2.24) is 0 Å². The van der Waals surface area contributed by atoms with Gasteiger partial charge < -0.3 is 10.5 Å². The van der Waals surface area contributed by atoms with Gasteiger partial charge in [0, 0.05) is 16.6 Å². The molecule has 0 heterocycles. The Morgan fingerprint density at radius 3 is 2.47 bits per heavy atom. The van der Waals surface area contributed by atoms with Crippen LogP contribution in [0.3, 0.4) is 0 Å². The van der Waals surface area contributed by atoms with Crippen LogP contribution in [0.5, 0.6) is 5.75 Å². The largest absolute Gasteiger partial charge is 0.489 e. The second-order valence-electron chi connectivity index (χ2n) is 4.75. The Morgan fingerprint density at radius 2 is 1.84 bits per heavy atom. The summed E-state index contributed by atoms with van der Waals surface area (Å²) in [5.74, 6) is 0.843. The lowest BCUT2D eigenvalue weighted by atomic mass is 10.1. The average Bonchev–Trinajstić information content (AvgIpc) is 2.39. The number of benzene rings is 2. The van der Waals surface area contributed by atoms with E-state index < -0.39 is 0 Å². The van der Waals surface area contributed by atoms with Crippen molar-refractivity contribution >= 4 is 11.6 Å². The molecule has 0 aromatic heterocycles. The molecule has 0 aliphatic heterocycles. The quantitative estimate of drug-likeness (QED) is 0.905. The fraction of sp³-hybridized carbons (Fsp3) is 0.250. The lowest BCUT2D eigenvalue weighted by Crippen LogP contribution is -2.08. The van der Waals surface area contributed by atoms with Crippen LogP contribution in [-0.2, 0) is 6.61 Å². The van der Waals surface area contributed by atoms with Crippen molar-refractivity contribution in [2.24, 2.45) is 5.73 Å². The molecule has 2 aromatic carbocycles. The van der Waals surface area contributed by atoms with Crippen molar-refractivity contribution in [3.05, 3.63) is 64.2 Å². The van der Waals surface area contributed by atoms with Crippen molar-refractivity contribution in [3.63, 3.8) is 0 Å². The third kappa shape index (κ3) is 3.72. The van der Waals surface area contributed by atoms with E-state index in [9.17, 15) is 0 Å². The monoisotopic (exact) mass is 275 g/mol. The molecule has 3 heteroatoms. The van der Waals surface area contributed by atoms with Gasteiger partial charge in [0.1, 0.15) is 12.4 Å². The smallest absolute Gasteiger partial charge is 0.124 e. The van der Waals surface area contributed by atoms with Gasteiger partial charge in [0.15, 0.2) is 0 Å². The zero-order valence-electron chi connectivity index (χ0n) is 11.2. The molecule has 0 bridgehead atoms. The number of aryl methyl sites for hydroxylation is 1. The van der Waals surface area contributed by atoms with E-state index in [2.05, 4.69) is 13.0 Å². The number of hydrogen-bond donors (Lipinski definition) is 1. The summed E-state index contributed by atoms with van der Waals surface area (Å²) in [4.78, 5) is 0. The summed E-state index contributed by atoms with van der Waals surface area (Å²) >= 11 is 5.86. The molecule has 19 heavy (non-hydrogen) atoms. The molecule has 0 radical (unpaired) electrons. The second kappa shape index (κ2) is 6.09. The first-order valence-electron chi connectivity index (χ1n) is 6.29. The van der Waals surface area contributed by atoms with Gasteiger partial charge in [-0.15, -0.1) is 0 Å². The molecule has 0 saturated carbocycles. The van der Waals surface area contributed by atoms with Gasteiger partial charge in [0.05, 0.1) is 0 Å². The minimum absolute atomic E-state index is 0.0416. The van der Waals surface area contributed by atoms with Gasteiger partial charge in [-0.25, -0.2) is 0 Å². The molecule has 0 fully saturated rings. The third-order valence-electron chi connectivity index (χ3n) is 2.96. The van der Waals surface area contributed by atoms with E-state index in [1.54, 1.807) is 0 Å². The van der Waals surface area contributed by atoms with Crippen LogP contribution >= 0.6 is 11.6 Å². The Morgan fingerprint density at radius 1 is 1.16 bits per heavy atom. The molecular formula is C16H18ClNO. The van der Waals surface area contributed by atoms with Crippen LogP contribution in [0.4, 0.5) is 0 Å². The fourth-order valence-corrected chi connectivity index (χ4v) is 2.02. The highest BCUT2D eigenvalue weighted by atomic mass is 35.5. The zero-order valence-corrected chi connectivity index (χ0v) is 11.9. The molecule has 2 rings (SSSR count). The van der Waals surface area contributed by atoms with Crippen LogP contribution < -0.4 is 10.5 Å². The average molecular weight is 276 g/mol. The molecule has 0 aliphatic carbocycles. The van der Waals surface area contributed by atoms with E-state index in [0.29, 0.717) is 6.61 Å². The molecule has 1 atom stereocenters. The highest BCUT2D eigenvalue weighted by Gasteiger charge is 2.08. The summed E-state index contributed by atoms with van der Waals surface area (Å²) in [5.41, 5.74) is 9.28. The highest BCUT2D eigenvalue weighted by molar-refractivity contribution is 6.30. The van der Waals surface area contributed by atoms with Crippen molar-refractivity contribution < 1.29 is 4.74 Å². The Kier molecular flexibility index (Phi) is 4.46. The van der Waals surface area contributed by atoms with Crippen LogP contribution in [0.25, 0.3) is 0 Å². The SMILES string of the molecule is Cc1ccc(OCc2ccc(Cl)cc2)c([C@@H](C)N)c1. The standard InChI is InChI=1S/C16H18ClNO/c1-11-3-8-16(15(9-11)12(2)18)19-10-13-4-6-14(17)7-5-13/h3-9,12H,10,18H2,1-2H3/t12-/m1/s1. The molecule has 100 valence electrons. The van der Waals surface area contributed by atoms with Crippen molar-refractivity contribution in [1.29, 1.82) is 0 Å². The topological polar surface area (TPSA) is 35.2 Å². The highest BCUT2D eigenvalue weighted by Crippen LogP contribution is 2.26. The van der Waals surface area contributed by atoms with Crippen LogP contribution in [-0.4, -0.2) is 0 Å². The van der Waals surface area contributed by atoms with Crippen LogP contribution in [0, 0.1) is 6.92 Å². The predicted molar refractivity (Wildman–Crippen MR) is 79.6 cm³/mol. The maximum absolute atomic E-state index is 5.97. The normalized spacial score (nSPS) is 12.2. The van der Waals surface area contributed by atoms with E-state index in [1.165, 1.54) is 5.56 Å². The predicted octanol–water partition coefficient (Wildman–Crippen LogP) is 4.25. The van der Waals surface area contributed by atoms with Gasteiger partial charge in [0.2, 0.25) is 0 Å². The summed E-state index contributed by atoms with van der Waals surface area (Å²) in [6.45, 7) is 4.53. The minimum atomic E-state index is -0.0416. The number of ether oxygens (including phenoxy) is 1. The first-order valence-corrected chi connectivity index (χ1v) is 6.67. The molecular weight excluding hydrogens is 258 g/mol. The van der Waals surface area contributed by atoms with E-state index in [1.807, 2.05) is 43.3 Å². The van der Waals surface area contributed by atoms with Crippen LogP contribution in [0.15, 0.2) is 42.5 Å². The Hall–Kier alpha value is -1.51. The first kappa shape index (κ1) is 13.9. The fourth-order valence-electron chi connectivity index (χ4n) is 1.90. The van der Waals surface area contributed by atoms with Gasteiger partial charge in [-0.2, -0.15) is 0 Å². The van der Waals surface area contributed by atoms with Crippen LogP contribution in [0.1, 0.15) is 29.7 Å². The lowest BCUT2D eigenvalue weighted by molar-refractivity contribution is 0.301. The van der Waals surface area contributed by atoms with Gasteiger partial charge in [-0.1, -0.05) is 41.4 Å². The number of hydrogen-bond acceptors (Lipinski definition) is 2. The van der Waals surface area contributed by atoms with E-state index in [0.717, 1.165) is 21.9 Å². The summed E-state index contributed by atoms with van der Waals surface area (Å²) in [6.07, 6.45) is 0. The Balaban J connectivity index is 2.13. The van der Waals surface area contributed by atoms with Crippen molar-refractivity contribution in [2.45, 2.75) is 26.5 Å². The number of nitrogens with two attached hydrogens (primary N) is 1. The third-order valence-corrected chi connectivity index (χ3v) is 3.22. The summed E-state index contributed by atoms with van der Waals surface area (Å²) in [7, 11) is 0. The summed E-state index contributed by atoms with van der Waals surface area (Å²) in [6, 6.07) is 13.7. The minimum Gasteiger partial charge on any atom is -0.489 e. The Bertz CT molecular complexity index is 549. The van der Waals surface area contributed by atoms with Gasteiger partial charge in [-0.3, -0.25) is 0 Å². The molecule has 0 aliphatic rings. The van der Waals surface area contributed by atoms with Gasteiger partial charge >= 0.3 is 0 Å². The van der Waals surface area contributed by atoms with E-state index in [4.69, 9.17) is 22.1 Å². The summed E-state index contributed by atoms with van der Waals surface area (Å²) < 4.78 is 5.86. The molecule has 2 N–H and O–H groups in total. The van der Waals surface area contributed by atoms with Gasteiger partial charge in [0.25, 0.3) is 0 Å². The number of rotatable bonds is 4. The van der Waals surface area contributed by atoms with E-state index in [-0.39, 0.29) is 6.04 Å². The van der Waals surface area contributed by atoms with Crippen molar-refractivity contribution in [2.75, 3.05) is 0 Å². The van der Waals surface area contributed by atoms with Crippen molar-refractivity contribution in [3.8, 4) is 5.75 Å². The zero-order chi connectivity index (χ0) is 13.8. The maximum atomic E-state index is 5.97. The number of halogens is 1. The van der Waals surface area contributed by atoms with Gasteiger partial charge in [-0.05, 0) is 37.6 Å². The van der Waals surface area contributed by atoms with Crippen LogP contribution in [0.2, 0.25) is 5.02 Å². The second-order valence-corrected chi connectivity index (χ2v) is 5.18. The maximum Gasteiger partial charge on any atom is 0.124 e. The lowest BCUT2D eigenvalue weighted by Gasteiger charge is -2.15. The molecule has 0 spiro atoms. The molecule has 2 aromatic rings. The Labute approximate surface area is 119 Å². The molecule has 0 saturated heterocycles. The molecule has 0 unspecified atom stereocenters. The molecule has 2 nitrogen and oxygen atoms in total. The summed E-state index contributed by atoms with van der Waals surface area (Å²) in [5, 5.41) is 0.732. The van der Waals surface area contributed by atoms with E-state index >= 15 is 0 Å².